The van der Waals surface area contributed by atoms with Gasteiger partial charge in [0.05, 0.1) is 18.2 Å². The van der Waals surface area contributed by atoms with Crippen LogP contribution in [-0.4, -0.2) is 80.9 Å². The molecular weight excluding hydrogens is 502 g/mol. The average Bonchev–Trinajstić information content (AvgIpc) is 3.72. The van der Waals surface area contributed by atoms with E-state index in [1.165, 1.54) is 0 Å². The quantitative estimate of drug-likeness (QED) is 0.381. The van der Waals surface area contributed by atoms with Gasteiger partial charge in [-0.1, -0.05) is 0 Å². The molecule has 202 valence electrons. The molecule has 0 spiro atoms. The molecule has 39 heavy (non-hydrogen) atoms. The predicted octanol–water partition coefficient (Wildman–Crippen LogP) is 2.04. The largest absolute Gasteiger partial charge is 0.508 e. The Bertz CT molecular complexity index is 1540. The van der Waals surface area contributed by atoms with Crippen molar-refractivity contribution in [2.75, 3.05) is 44.5 Å². The van der Waals surface area contributed by atoms with E-state index < -0.39 is 6.04 Å². The molecule has 12 heteroatoms. The minimum absolute atomic E-state index is 0.0499. The highest BCUT2D eigenvalue weighted by molar-refractivity contribution is 5.83. The van der Waals surface area contributed by atoms with Crippen LogP contribution in [0, 0.1) is 0 Å². The van der Waals surface area contributed by atoms with Gasteiger partial charge in [-0.15, -0.1) is 5.10 Å². The van der Waals surface area contributed by atoms with Crippen molar-refractivity contribution in [3.63, 3.8) is 0 Å². The number of phenolic OH excluding ortho intramolecular Hbond substituents is 1. The van der Waals surface area contributed by atoms with E-state index in [0.717, 1.165) is 43.6 Å². The number of benzene rings is 2. The number of H-pyrrole nitrogens is 1. The molecule has 2 aromatic heterocycles. The highest BCUT2D eigenvalue weighted by Crippen LogP contribution is 2.36. The summed E-state index contributed by atoms with van der Waals surface area (Å²) < 4.78 is 18.7. The van der Waals surface area contributed by atoms with Crippen LogP contribution in [0.15, 0.2) is 47.3 Å². The molecule has 3 aliphatic heterocycles. The molecule has 2 fully saturated rings. The molecule has 0 amide bonds. The standard InChI is InChI=1S/C27H29N7O5/c35-19-5-3-18(4-6-19)32-7-9-33(10-8-32)25(26-29-30-31-34(26)15-20-2-1-11-37-20)21-12-17-13-23-24(39-16-38-23)14-22(17)28-27(21)36/h3-6,12-14,20,25,35H,1-2,7-11,15-16H2,(H,28,36)/t20-,25-/m1/s1. The minimum Gasteiger partial charge on any atom is -0.508 e. The van der Waals surface area contributed by atoms with Crippen LogP contribution in [0.3, 0.4) is 0 Å². The van der Waals surface area contributed by atoms with Gasteiger partial charge >= 0.3 is 0 Å². The first-order chi connectivity index (χ1) is 19.1. The van der Waals surface area contributed by atoms with Crippen molar-refractivity contribution in [1.82, 2.24) is 30.1 Å². The Morgan fingerprint density at radius 1 is 1.05 bits per heavy atom. The number of rotatable bonds is 6. The number of phenols is 1. The number of aromatic hydroxyl groups is 1. The number of fused-ring (bicyclic) bond motifs is 2. The first kappa shape index (κ1) is 23.9. The number of hydrogen-bond acceptors (Lipinski definition) is 10. The lowest BCUT2D eigenvalue weighted by atomic mass is 10.0. The van der Waals surface area contributed by atoms with Crippen molar-refractivity contribution in [2.24, 2.45) is 0 Å². The smallest absolute Gasteiger partial charge is 0.253 e. The minimum atomic E-state index is -0.457. The third-order valence-electron chi connectivity index (χ3n) is 7.76. The van der Waals surface area contributed by atoms with Crippen molar-refractivity contribution in [3.05, 3.63) is 64.2 Å². The van der Waals surface area contributed by atoms with Crippen LogP contribution >= 0.6 is 0 Å². The maximum absolute atomic E-state index is 13.6. The SMILES string of the molecule is O=c1[nH]c2cc3c(cc2cc1[C@H](c1nnnn1C[C@H]1CCCO1)N1CCN(c2ccc(O)cc2)CC1)OCO3. The summed E-state index contributed by atoms with van der Waals surface area (Å²) in [7, 11) is 0. The zero-order valence-corrected chi connectivity index (χ0v) is 21.3. The molecule has 2 atom stereocenters. The normalized spacial score (nSPS) is 20.1. The number of anilines is 1. The topological polar surface area (TPSA) is 131 Å². The zero-order chi connectivity index (χ0) is 26.3. The Morgan fingerprint density at radius 3 is 2.62 bits per heavy atom. The highest BCUT2D eigenvalue weighted by Gasteiger charge is 2.34. The molecule has 12 nitrogen and oxygen atoms in total. The first-order valence-corrected chi connectivity index (χ1v) is 13.2. The number of aromatic nitrogens is 5. The monoisotopic (exact) mass is 531 g/mol. The van der Waals surface area contributed by atoms with Crippen LogP contribution in [0.5, 0.6) is 17.2 Å². The first-order valence-electron chi connectivity index (χ1n) is 13.2. The Balaban J connectivity index is 1.25. The highest BCUT2D eigenvalue weighted by atomic mass is 16.7. The van der Waals surface area contributed by atoms with Crippen LogP contribution in [0.2, 0.25) is 0 Å². The molecule has 2 N–H and O–H groups in total. The van der Waals surface area contributed by atoms with E-state index in [1.54, 1.807) is 22.9 Å². The molecule has 0 saturated carbocycles. The Labute approximate surface area is 223 Å². The summed E-state index contributed by atoms with van der Waals surface area (Å²) in [4.78, 5) is 21.2. The maximum atomic E-state index is 13.6. The summed E-state index contributed by atoms with van der Waals surface area (Å²) in [5, 5.41) is 23.3. The number of nitrogens with zero attached hydrogens (tertiary/aromatic N) is 6. The van der Waals surface area contributed by atoms with E-state index >= 15 is 0 Å². The second kappa shape index (κ2) is 9.86. The average molecular weight is 532 g/mol. The van der Waals surface area contributed by atoms with E-state index in [1.807, 2.05) is 24.3 Å². The molecule has 0 radical (unpaired) electrons. The fourth-order valence-electron chi connectivity index (χ4n) is 5.74. The van der Waals surface area contributed by atoms with Gasteiger partial charge in [0.25, 0.3) is 5.56 Å². The van der Waals surface area contributed by atoms with Gasteiger partial charge in [-0.2, -0.15) is 0 Å². The molecule has 2 saturated heterocycles. The van der Waals surface area contributed by atoms with Crippen molar-refractivity contribution < 1.29 is 19.3 Å². The third-order valence-corrected chi connectivity index (χ3v) is 7.76. The Morgan fingerprint density at radius 2 is 1.85 bits per heavy atom. The summed E-state index contributed by atoms with van der Waals surface area (Å²) in [6, 6.07) is 12.4. The summed E-state index contributed by atoms with van der Waals surface area (Å²) in [5.41, 5.74) is 2.11. The van der Waals surface area contributed by atoms with Gasteiger partial charge in [-0.3, -0.25) is 9.69 Å². The Hall–Kier alpha value is -4.16. The molecule has 0 aliphatic carbocycles. The fraction of sp³-hybridized carbons (Fsp3) is 0.407. The van der Waals surface area contributed by atoms with Crippen LogP contribution in [0.1, 0.15) is 30.3 Å². The molecule has 0 bridgehead atoms. The van der Waals surface area contributed by atoms with E-state index in [4.69, 9.17) is 14.2 Å². The number of piperazine rings is 1. The maximum Gasteiger partial charge on any atom is 0.253 e. The number of hydrogen-bond donors (Lipinski definition) is 2. The van der Waals surface area contributed by atoms with Gasteiger partial charge < -0.3 is 29.2 Å². The summed E-state index contributed by atoms with van der Waals surface area (Å²) in [5.74, 6) is 2.14. The number of pyridine rings is 1. The van der Waals surface area contributed by atoms with Crippen molar-refractivity contribution >= 4 is 16.6 Å². The fourth-order valence-corrected chi connectivity index (χ4v) is 5.74. The number of tetrazole rings is 1. The predicted molar refractivity (Wildman–Crippen MR) is 141 cm³/mol. The van der Waals surface area contributed by atoms with Gasteiger partial charge in [-0.25, -0.2) is 4.68 Å². The molecule has 7 rings (SSSR count). The van der Waals surface area contributed by atoms with Crippen molar-refractivity contribution in [2.45, 2.75) is 31.5 Å². The van der Waals surface area contributed by atoms with E-state index in [0.29, 0.717) is 48.0 Å². The van der Waals surface area contributed by atoms with Crippen molar-refractivity contribution in [1.29, 1.82) is 0 Å². The summed E-state index contributed by atoms with van der Waals surface area (Å²) in [6.45, 7) is 4.32. The third kappa shape index (κ3) is 4.55. The van der Waals surface area contributed by atoms with E-state index in [9.17, 15) is 9.90 Å². The lowest BCUT2D eigenvalue weighted by molar-refractivity contribution is 0.0906. The lowest BCUT2D eigenvalue weighted by Crippen LogP contribution is -2.49. The van der Waals surface area contributed by atoms with Crippen LogP contribution in [0.25, 0.3) is 10.9 Å². The second-order valence-corrected chi connectivity index (χ2v) is 10.1. The van der Waals surface area contributed by atoms with Crippen LogP contribution in [-0.2, 0) is 11.3 Å². The van der Waals surface area contributed by atoms with Gasteiger partial charge in [0.2, 0.25) is 6.79 Å². The molecule has 3 aliphatic rings. The number of nitrogens with one attached hydrogen (secondary N) is 1. The zero-order valence-electron chi connectivity index (χ0n) is 21.3. The lowest BCUT2D eigenvalue weighted by Gasteiger charge is -2.39. The summed E-state index contributed by atoms with van der Waals surface area (Å²) in [6.07, 6.45) is 2.03. The van der Waals surface area contributed by atoms with E-state index in [-0.39, 0.29) is 24.2 Å². The molecule has 5 heterocycles. The molecule has 4 aromatic rings. The number of aromatic amines is 1. The molecular formula is C27H29N7O5. The van der Waals surface area contributed by atoms with Crippen LogP contribution < -0.4 is 19.9 Å². The van der Waals surface area contributed by atoms with Crippen LogP contribution in [0.4, 0.5) is 5.69 Å². The summed E-state index contributed by atoms with van der Waals surface area (Å²) >= 11 is 0. The van der Waals surface area contributed by atoms with Gasteiger partial charge in [0.1, 0.15) is 11.8 Å². The number of ether oxygens (including phenoxy) is 3. The van der Waals surface area contributed by atoms with E-state index in [2.05, 4.69) is 30.3 Å². The molecule has 0 unspecified atom stereocenters. The Kier molecular flexibility index (Phi) is 6.05. The van der Waals surface area contributed by atoms with Gasteiger partial charge in [-0.05, 0) is 59.7 Å². The molecule has 2 aromatic carbocycles. The van der Waals surface area contributed by atoms with Gasteiger partial charge in [0, 0.05) is 55.5 Å². The van der Waals surface area contributed by atoms with Crippen molar-refractivity contribution in [3.8, 4) is 17.2 Å². The second-order valence-electron chi connectivity index (χ2n) is 10.1. The van der Waals surface area contributed by atoms with Gasteiger partial charge in [0.15, 0.2) is 17.3 Å².